The third kappa shape index (κ3) is 3.21. The molecule has 2 aromatic heterocycles. The fourth-order valence-corrected chi connectivity index (χ4v) is 3.44. The number of carboxylic acid groups (broad SMARTS) is 1. The van der Waals surface area contributed by atoms with Crippen molar-refractivity contribution in [3.8, 4) is 0 Å². The van der Waals surface area contributed by atoms with Crippen molar-refractivity contribution in [2.45, 2.75) is 18.2 Å². The van der Waals surface area contributed by atoms with Crippen molar-refractivity contribution >= 4 is 27.3 Å². The van der Waals surface area contributed by atoms with Crippen LogP contribution in [-0.2, 0) is 16.4 Å². The molecule has 0 bridgehead atoms. The number of aryl methyl sites for hydroxylation is 1. The molecule has 3 N–H and O–H groups in total. The molecule has 0 saturated carbocycles. The number of rotatable bonds is 6. The summed E-state index contributed by atoms with van der Waals surface area (Å²) in [5.74, 6) is -1.10. The van der Waals surface area contributed by atoms with Crippen LogP contribution in [0.25, 0.3) is 0 Å². The molecule has 0 radical (unpaired) electrons. The van der Waals surface area contributed by atoms with Crippen LogP contribution in [0, 0.1) is 6.92 Å². The zero-order valence-corrected chi connectivity index (χ0v) is 12.1. The van der Waals surface area contributed by atoms with Gasteiger partial charge in [0.2, 0.25) is 10.0 Å². The van der Waals surface area contributed by atoms with Gasteiger partial charge >= 0.3 is 5.97 Å². The second kappa shape index (κ2) is 5.69. The number of hydrogen-bond donors (Lipinski definition) is 3. The van der Waals surface area contributed by atoms with E-state index in [1.807, 2.05) is 0 Å². The Morgan fingerprint density at radius 2 is 2.30 bits per heavy atom. The zero-order chi connectivity index (χ0) is 14.8. The van der Waals surface area contributed by atoms with E-state index in [2.05, 4.69) is 19.9 Å². The van der Waals surface area contributed by atoms with Crippen LogP contribution in [0.2, 0.25) is 0 Å². The Labute approximate surface area is 118 Å². The number of aromatic amines is 1. The van der Waals surface area contributed by atoms with Crippen molar-refractivity contribution in [1.29, 1.82) is 0 Å². The first kappa shape index (κ1) is 14.6. The largest absolute Gasteiger partial charge is 0.476 e. The van der Waals surface area contributed by atoms with Crippen LogP contribution in [-0.4, -0.2) is 41.2 Å². The zero-order valence-electron chi connectivity index (χ0n) is 10.5. The number of carbonyl (C=O) groups is 1. The number of carboxylic acids is 1. The first-order valence-electron chi connectivity index (χ1n) is 5.57. The highest BCUT2D eigenvalue weighted by Crippen LogP contribution is 2.12. The quantitative estimate of drug-likeness (QED) is 0.708. The van der Waals surface area contributed by atoms with E-state index < -0.39 is 16.0 Å². The van der Waals surface area contributed by atoms with Crippen LogP contribution in [0.5, 0.6) is 0 Å². The molecule has 108 valence electrons. The number of H-pyrrole nitrogens is 1. The molecule has 0 amide bonds. The van der Waals surface area contributed by atoms with Crippen molar-refractivity contribution in [2.24, 2.45) is 0 Å². The van der Waals surface area contributed by atoms with Crippen molar-refractivity contribution in [3.63, 3.8) is 0 Å². The first-order chi connectivity index (χ1) is 9.40. The van der Waals surface area contributed by atoms with Gasteiger partial charge in [-0.25, -0.2) is 22.9 Å². The normalized spacial score (nSPS) is 11.7. The molecule has 0 aliphatic rings. The molecule has 0 aliphatic heterocycles. The predicted octanol–water partition coefficient (Wildman–Crippen LogP) is 0.394. The van der Waals surface area contributed by atoms with Gasteiger partial charge in [0, 0.05) is 18.3 Å². The Balaban J connectivity index is 1.95. The van der Waals surface area contributed by atoms with E-state index in [-0.39, 0.29) is 17.1 Å². The molecule has 2 heterocycles. The van der Waals surface area contributed by atoms with Crippen LogP contribution < -0.4 is 4.72 Å². The van der Waals surface area contributed by atoms with Gasteiger partial charge in [-0.3, -0.25) is 5.10 Å². The lowest BCUT2D eigenvalue weighted by molar-refractivity contribution is 0.0691. The molecule has 2 rings (SSSR count). The Hall–Kier alpha value is -1.78. The number of nitrogens with zero attached hydrogens (tertiary/aromatic N) is 2. The summed E-state index contributed by atoms with van der Waals surface area (Å²) in [6, 6.07) is 0. The minimum Gasteiger partial charge on any atom is -0.476 e. The maximum atomic E-state index is 11.9. The van der Waals surface area contributed by atoms with Gasteiger partial charge in [-0.15, -0.1) is 11.3 Å². The van der Waals surface area contributed by atoms with Crippen molar-refractivity contribution in [1.82, 2.24) is 19.9 Å². The molecular weight excluding hydrogens is 304 g/mol. The third-order valence-corrected chi connectivity index (χ3v) is 4.96. The summed E-state index contributed by atoms with van der Waals surface area (Å²) >= 11 is 1.18. The Kier molecular flexibility index (Phi) is 4.16. The topological polar surface area (TPSA) is 125 Å². The van der Waals surface area contributed by atoms with Gasteiger partial charge < -0.3 is 5.11 Å². The molecular formula is C10H12N4O4S2. The molecule has 20 heavy (non-hydrogen) atoms. The summed E-state index contributed by atoms with van der Waals surface area (Å²) in [4.78, 5) is 14.6. The Bertz CT molecular complexity index is 719. The fourth-order valence-electron chi connectivity index (χ4n) is 1.50. The van der Waals surface area contributed by atoms with E-state index in [9.17, 15) is 13.2 Å². The summed E-state index contributed by atoms with van der Waals surface area (Å²) < 4.78 is 26.3. The van der Waals surface area contributed by atoms with E-state index in [0.717, 1.165) is 0 Å². The van der Waals surface area contributed by atoms with Crippen molar-refractivity contribution < 1.29 is 18.3 Å². The standard InChI is InChI=1S/C10H12N4O4S2/c1-6-8(4-11-14-6)20(17,18)12-3-2-9-13-7(5-19-9)10(15)16/h4-5,12H,2-3H2,1H3,(H,11,14)(H,15,16). The van der Waals surface area contributed by atoms with Crippen LogP contribution in [0.15, 0.2) is 16.5 Å². The van der Waals surface area contributed by atoms with Crippen molar-refractivity contribution in [3.05, 3.63) is 28.0 Å². The molecule has 0 atom stereocenters. The fraction of sp³-hybridized carbons (Fsp3) is 0.300. The average Bonchev–Trinajstić information content (AvgIpc) is 2.97. The van der Waals surface area contributed by atoms with E-state index in [1.54, 1.807) is 6.92 Å². The van der Waals surface area contributed by atoms with Crippen LogP contribution >= 0.6 is 11.3 Å². The molecule has 8 nitrogen and oxygen atoms in total. The van der Waals surface area contributed by atoms with E-state index in [4.69, 9.17) is 5.11 Å². The smallest absolute Gasteiger partial charge is 0.355 e. The van der Waals surface area contributed by atoms with Gasteiger partial charge in [0.1, 0.15) is 4.90 Å². The average molecular weight is 316 g/mol. The molecule has 0 saturated heterocycles. The molecule has 0 aliphatic carbocycles. The predicted molar refractivity (Wildman–Crippen MR) is 71.3 cm³/mol. The number of aromatic carboxylic acids is 1. The van der Waals surface area contributed by atoms with Crippen molar-refractivity contribution in [2.75, 3.05) is 6.54 Å². The SMILES string of the molecule is Cc1[nH]ncc1S(=O)(=O)NCCc1nc(C(=O)O)cs1. The van der Waals surface area contributed by atoms with Crippen LogP contribution in [0.1, 0.15) is 21.2 Å². The summed E-state index contributed by atoms with van der Waals surface area (Å²) in [6.07, 6.45) is 1.57. The van der Waals surface area contributed by atoms with Gasteiger partial charge in [0.15, 0.2) is 5.69 Å². The van der Waals surface area contributed by atoms with Gasteiger partial charge in [0.25, 0.3) is 0 Å². The minimum absolute atomic E-state index is 0.0291. The van der Waals surface area contributed by atoms with Crippen LogP contribution in [0.3, 0.4) is 0 Å². The number of nitrogens with one attached hydrogen (secondary N) is 2. The van der Waals surface area contributed by atoms with Gasteiger partial charge in [-0.1, -0.05) is 0 Å². The molecule has 0 fully saturated rings. The molecule has 0 spiro atoms. The summed E-state index contributed by atoms with van der Waals surface area (Å²) in [5.41, 5.74) is 0.429. The molecule has 2 aromatic rings. The monoisotopic (exact) mass is 316 g/mol. The number of thiazole rings is 1. The van der Waals surface area contributed by atoms with E-state index in [1.165, 1.54) is 22.9 Å². The molecule has 0 aromatic carbocycles. The Morgan fingerprint density at radius 1 is 1.55 bits per heavy atom. The lowest BCUT2D eigenvalue weighted by Gasteiger charge is -2.04. The highest BCUT2D eigenvalue weighted by molar-refractivity contribution is 7.89. The van der Waals surface area contributed by atoms with Gasteiger partial charge in [-0.2, -0.15) is 5.10 Å². The number of aromatic nitrogens is 3. The summed E-state index contributed by atoms with van der Waals surface area (Å²) in [7, 11) is -3.61. The second-order valence-electron chi connectivity index (χ2n) is 3.94. The van der Waals surface area contributed by atoms with E-state index >= 15 is 0 Å². The lowest BCUT2D eigenvalue weighted by atomic mass is 10.4. The number of hydrogen-bond acceptors (Lipinski definition) is 6. The maximum Gasteiger partial charge on any atom is 0.355 e. The minimum atomic E-state index is -3.61. The summed E-state index contributed by atoms with van der Waals surface area (Å²) in [6.45, 7) is 1.75. The third-order valence-electron chi connectivity index (χ3n) is 2.47. The lowest BCUT2D eigenvalue weighted by Crippen LogP contribution is -2.26. The van der Waals surface area contributed by atoms with Gasteiger partial charge in [0.05, 0.1) is 16.9 Å². The highest BCUT2D eigenvalue weighted by Gasteiger charge is 2.18. The van der Waals surface area contributed by atoms with Gasteiger partial charge in [-0.05, 0) is 6.92 Å². The number of sulfonamides is 1. The first-order valence-corrected chi connectivity index (χ1v) is 7.94. The Morgan fingerprint density at radius 3 is 2.85 bits per heavy atom. The maximum absolute atomic E-state index is 11.9. The van der Waals surface area contributed by atoms with Crippen LogP contribution in [0.4, 0.5) is 0 Å². The highest BCUT2D eigenvalue weighted by atomic mass is 32.2. The van der Waals surface area contributed by atoms with E-state index in [0.29, 0.717) is 17.1 Å². The second-order valence-corrected chi connectivity index (χ2v) is 6.62. The summed E-state index contributed by atoms with van der Waals surface area (Å²) in [5, 5.41) is 16.9. The molecule has 0 unspecified atom stereocenters. The molecule has 10 heteroatoms.